The predicted molar refractivity (Wildman–Crippen MR) is 155 cm³/mol. The van der Waals surface area contributed by atoms with Gasteiger partial charge in [0.1, 0.15) is 0 Å². The number of hydrogen-bond acceptors (Lipinski definition) is 7. The van der Waals surface area contributed by atoms with Gasteiger partial charge in [-0.2, -0.15) is 4.31 Å². The monoisotopic (exact) mass is 564 g/mol. The SMILES string of the molecule is CCCN(CCC)S(=O)(=O)c1ccc(-c2ccnc(Nc3ccc(C(=O)N4CCN(C(C)=O)CC4)cc3)n2)cc1. The van der Waals surface area contributed by atoms with Gasteiger partial charge in [0.15, 0.2) is 0 Å². The summed E-state index contributed by atoms with van der Waals surface area (Å²) in [5.74, 6) is 0.344. The Morgan fingerprint density at radius 1 is 0.875 bits per heavy atom. The van der Waals surface area contributed by atoms with E-state index in [-0.39, 0.29) is 16.7 Å². The Kier molecular flexibility index (Phi) is 9.49. The lowest BCUT2D eigenvalue weighted by atomic mass is 10.1. The minimum absolute atomic E-state index is 0.0277. The third-order valence-electron chi connectivity index (χ3n) is 6.79. The van der Waals surface area contributed by atoms with Gasteiger partial charge in [-0.15, -0.1) is 0 Å². The zero-order valence-corrected chi connectivity index (χ0v) is 24.0. The molecule has 1 N–H and O–H groups in total. The first-order valence-electron chi connectivity index (χ1n) is 13.6. The highest BCUT2D eigenvalue weighted by Crippen LogP contribution is 2.24. The number of piperazine rings is 1. The van der Waals surface area contributed by atoms with Crippen LogP contribution in [-0.2, 0) is 14.8 Å². The summed E-state index contributed by atoms with van der Waals surface area (Å²) in [6.45, 7) is 8.59. The first-order valence-corrected chi connectivity index (χ1v) is 15.0. The molecule has 0 saturated carbocycles. The van der Waals surface area contributed by atoms with Gasteiger partial charge in [-0.05, 0) is 55.3 Å². The maximum Gasteiger partial charge on any atom is 0.253 e. The van der Waals surface area contributed by atoms with E-state index in [0.717, 1.165) is 24.1 Å². The summed E-state index contributed by atoms with van der Waals surface area (Å²) in [5.41, 5.74) is 2.72. The van der Waals surface area contributed by atoms with E-state index in [1.165, 1.54) is 4.31 Å². The fraction of sp³-hybridized carbons (Fsp3) is 0.379. The van der Waals surface area contributed by atoms with Crippen molar-refractivity contribution in [2.75, 3.05) is 44.6 Å². The van der Waals surface area contributed by atoms with Crippen LogP contribution < -0.4 is 5.32 Å². The van der Waals surface area contributed by atoms with Crippen LogP contribution in [0.25, 0.3) is 11.3 Å². The van der Waals surface area contributed by atoms with Crippen molar-refractivity contribution in [3.05, 3.63) is 66.4 Å². The normalized spacial score (nSPS) is 13.9. The molecule has 2 aromatic carbocycles. The zero-order chi connectivity index (χ0) is 28.7. The molecule has 1 aliphatic rings. The van der Waals surface area contributed by atoms with Gasteiger partial charge in [-0.3, -0.25) is 9.59 Å². The second-order valence-electron chi connectivity index (χ2n) is 9.69. The largest absolute Gasteiger partial charge is 0.339 e. The van der Waals surface area contributed by atoms with Crippen LogP contribution in [0.5, 0.6) is 0 Å². The van der Waals surface area contributed by atoms with Crippen molar-refractivity contribution < 1.29 is 18.0 Å². The van der Waals surface area contributed by atoms with Crippen LogP contribution in [-0.4, -0.2) is 83.6 Å². The zero-order valence-electron chi connectivity index (χ0n) is 23.2. The van der Waals surface area contributed by atoms with Crippen molar-refractivity contribution >= 4 is 33.5 Å². The summed E-state index contributed by atoms with van der Waals surface area (Å²) < 4.78 is 27.7. The van der Waals surface area contributed by atoms with Crippen molar-refractivity contribution in [3.8, 4) is 11.3 Å². The Bertz CT molecular complexity index is 1410. The highest BCUT2D eigenvalue weighted by molar-refractivity contribution is 7.89. The number of amides is 2. The molecule has 11 heteroatoms. The van der Waals surface area contributed by atoms with Crippen LogP contribution in [0.2, 0.25) is 0 Å². The van der Waals surface area contributed by atoms with Crippen LogP contribution in [0.4, 0.5) is 11.6 Å². The number of benzene rings is 2. The van der Waals surface area contributed by atoms with Gasteiger partial charge in [0, 0.05) is 69.2 Å². The second-order valence-corrected chi connectivity index (χ2v) is 11.6. The summed E-state index contributed by atoms with van der Waals surface area (Å²) >= 11 is 0. The number of sulfonamides is 1. The molecule has 1 aromatic heterocycles. The quantitative estimate of drug-likeness (QED) is 0.396. The van der Waals surface area contributed by atoms with E-state index in [2.05, 4.69) is 15.3 Å². The van der Waals surface area contributed by atoms with Crippen molar-refractivity contribution in [1.29, 1.82) is 0 Å². The van der Waals surface area contributed by atoms with Gasteiger partial charge < -0.3 is 15.1 Å². The maximum atomic E-state index is 13.1. The smallest absolute Gasteiger partial charge is 0.253 e. The Balaban J connectivity index is 1.42. The maximum absolute atomic E-state index is 13.1. The Hall–Kier alpha value is -3.83. The Labute approximate surface area is 236 Å². The van der Waals surface area contributed by atoms with Gasteiger partial charge in [0.25, 0.3) is 5.91 Å². The minimum Gasteiger partial charge on any atom is -0.339 e. The molecular formula is C29H36N6O4S. The predicted octanol–water partition coefficient (Wildman–Crippen LogP) is 4.00. The number of nitrogens with one attached hydrogen (secondary N) is 1. The van der Waals surface area contributed by atoms with Gasteiger partial charge in [-0.1, -0.05) is 26.0 Å². The lowest BCUT2D eigenvalue weighted by Crippen LogP contribution is -2.50. The molecule has 1 fully saturated rings. The van der Waals surface area contributed by atoms with Crippen LogP contribution in [0, 0.1) is 0 Å². The lowest BCUT2D eigenvalue weighted by Gasteiger charge is -2.34. The topological polar surface area (TPSA) is 116 Å². The van der Waals surface area contributed by atoms with Gasteiger partial charge >= 0.3 is 0 Å². The highest BCUT2D eigenvalue weighted by Gasteiger charge is 2.24. The standard InChI is InChI=1S/C29H36N6O4S/c1-4-16-35(17-5-2)40(38,39)26-12-8-23(9-13-26)27-14-15-30-29(32-27)31-25-10-6-24(7-11-25)28(37)34-20-18-33(19-21-34)22(3)36/h6-15H,4-5,16-21H2,1-3H3,(H,30,31,32). The summed E-state index contributed by atoms with van der Waals surface area (Å²) in [7, 11) is -3.55. The van der Waals surface area contributed by atoms with Gasteiger partial charge in [0.05, 0.1) is 10.6 Å². The van der Waals surface area contributed by atoms with Crippen molar-refractivity contribution in [2.45, 2.75) is 38.5 Å². The van der Waals surface area contributed by atoms with Crippen molar-refractivity contribution in [3.63, 3.8) is 0 Å². The Morgan fingerprint density at radius 2 is 1.48 bits per heavy atom. The van der Waals surface area contributed by atoms with Crippen LogP contribution in [0.15, 0.2) is 65.7 Å². The fourth-order valence-electron chi connectivity index (χ4n) is 4.61. The third kappa shape index (κ3) is 6.83. The van der Waals surface area contributed by atoms with E-state index in [1.54, 1.807) is 77.5 Å². The number of aromatic nitrogens is 2. The van der Waals surface area contributed by atoms with E-state index < -0.39 is 10.0 Å². The number of rotatable bonds is 10. The summed E-state index contributed by atoms with van der Waals surface area (Å²) in [6.07, 6.45) is 3.15. The lowest BCUT2D eigenvalue weighted by molar-refractivity contribution is -0.130. The summed E-state index contributed by atoms with van der Waals surface area (Å²) in [6, 6.07) is 15.6. The average Bonchev–Trinajstić information content (AvgIpc) is 2.97. The molecule has 0 atom stereocenters. The molecule has 1 aliphatic heterocycles. The molecule has 3 aromatic rings. The van der Waals surface area contributed by atoms with Crippen molar-refractivity contribution in [1.82, 2.24) is 24.1 Å². The van der Waals surface area contributed by atoms with E-state index >= 15 is 0 Å². The molecule has 0 bridgehead atoms. The van der Waals surface area contributed by atoms with Crippen LogP contribution >= 0.6 is 0 Å². The minimum atomic E-state index is -3.55. The molecular weight excluding hydrogens is 528 g/mol. The van der Waals surface area contributed by atoms with Gasteiger partial charge in [0.2, 0.25) is 21.9 Å². The second kappa shape index (κ2) is 13.0. The molecule has 10 nitrogen and oxygen atoms in total. The fourth-order valence-corrected chi connectivity index (χ4v) is 6.23. The van der Waals surface area contributed by atoms with E-state index in [1.807, 2.05) is 13.8 Å². The molecule has 40 heavy (non-hydrogen) atoms. The first kappa shape index (κ1) is 29.2. The molecule has 212 valence electrons. The molecule has 0 unspecified atom stereocenters. The first-order chi connectivity index (χ1) is 19.2. The van der Waals surface area contributed by atoms with Crippen LogP contribution in [0.1, 0.15) is 44.0 Å². The number of carbonyl (C=O) groups excluding carboxylic acids is 2. The Morgan fingerprint density at radius 3 is 2.05 bits per heavy atom. The van der Waals surface area contributed by atoms with Crippen molar-refractivity contribution in [2.24, 2.45) is 0 Å². The summed E-state index contributed by atoms with van der Waals surface area (Å²) in [4.78, 5) is 37.1. The number of nitrogens with zero attached hydrogens (tertiary/aromatic N) is 5. The highest BCUT2D eigenvalue weighted by atomic mass is 32.2. The third-order valence-corrected chi connectivity index (χ3v) is 8.70. The van der Waals surface area contributed by atoms with Gasteiger partial charge in [-0.25, -0.2) is 18.4 Å². The van der Waals surface area contributed by atoms with E-state index in [4.69, 9.17) is 0 Å². The van der Waals surface area contributed by atoms with E-state index in [0.29, 0.717) is 56.5 Å². The number of anilines is 2. The molecule has 2 heterocycles. The van der Waals surface area contributed by atoms with E-state index in [9.17, 15) is 18.0 Å². The summed E-state index contributed by atoms with van der Waals surface area (Å²) in [5, 5.41) is 3.16. The molecule has 1 saturated heterocycles. The molecule has 0 radical (unpaired) electrons. The molecule has 0 aliphatic carbocycles. The molecule has 0 spiro atoms. The molecule has 2 amide bonds. The molecule has 4 rings (SSSR count). The number of carbonyl (C=O) groups is 2. The average molecular weight is 565 g/mol. The number of hydrogen-bond donors (Lipinski definition) is 1. The van der Waals surface area contributed by atoms with Crippen LogP contribution in [0.3, 0.4) is 0 Å².